The van der Waals surface area contributed by atoms with Crippen molar-refractivity contribution in [2.45, 2.75) is 20.5 Å². The van der Waals surface area contributed by atoms with Crippen LogP contribution in [0, 0.1) is 13.8 Å². The number of aryl methyl sites for hydroxylation is 2. The van der Waals surface area contributed by atoms with Gasteiger partial charge < -0.3 is 14.6 Å². The molecule has 9 nitrogen and oxygen atoms in total. The van der Waals surface area contributed by atoms with Crippen molar-refractivity contribution in [2.24, 2.45) is 0 Å². The molecule has 1 N–H and O–H groups in total. The summed E-state index contributed by atoms with van der Waals surface area (Å²) in [4.78, 5) is 20.6. The fourth-order valence-electron chi connectivity index (χ4n) is 2.69. The molecular weight excluding hydrogens is 372 g/mol. The van der Waals surface area contributed by atoms with Crippen molar-refractivity contribution in [3.63, 3.8) is 0 Å². The third-order valence-corrected chi connectivity index (χ3v) is 4.34. The fourth-order valence-corrected chi connectivity index (χ4v) is 2.69. The Morgan fingerprint density at radius 3 is 2.62 bits per heavy atom. The molecule has 29 heavy (non-hydrogen) atoms. The van der Waals surface area contributed by atoms with Gasteiger partial charge in [0, 0.05) is 5.56 Å². The highest BCUT2D eigenvalue weighted by atomic mass is 16.5. The van der Waals surface area contributed by atoms with E-state index < -0.39 is 0 Å². The Kier molecular flexibility index (Phi) is 5.02. The number of anilines is 1. The second-order valence-corrected chi connectivity index (χ2v) is 6.32. The number of aromatic nitrogens is 5. The maximum atomic E-state index is 12.4. The topological polar surface area (TPSA) is 108 Å². The molecule has 1 amide bonds. The zero-order valence-corrected chi connectivity index (χ0v) is 15.9. The van der Waals surface area contributed by atoms with Gasteiger partial charge in [0.2, 0.25) is 0 Å². The normalized spacial score (nSPS) is 10.7. The van der Waals surface area contributed by atoms with E-state index in [0.29, 0.717) is 29.4 Å². The average Bonchev–Trinajstić information content (AvgIpc) is 3.38. The van der Waals surface area contributed by atoms with Crippen molar-refractivity contribution < 1.29 is 14.1 Å². The lowest BCUT2D eigenvalue weighted by atomic mass is 10.2. The van der Waals surface area contributed by atoms with Gasteiger partial charge in [0.15, 0.2) is 5.82 Å². The van der Waals surface area contributed by atoms with Crippen LogP contribution in [0.15, 0.2) is 59.8 Å². The number of benzene rings is 1. The van der Waals surface area contributed by atoms with E-state index >= 15 is 0 Å². The van der Waals surface area contributed by atoms with E-state index in [1.807, 2.05) is 13.8 Å². The Morgan fingerprint density at radius 2 is 2.00 bits per heavy atom. The van der Waals surface area contributed by atoms with Crippen LogP contribution in [0.1, 0.15) is 27.4 Å². The van der Waals surface area contributed by atoms with Gasteiger partial charge in [-0.05, 0) is 50.2 Å². The van der Waals surface area contributed by atoms with Crippen LogP contribution in [0.4, 0.5) is 5.69 Å². The van der Waals surface area contributed by atoms with Crippen LogP contribution in [-0.2, 0) is 6.61 Å². The molecule has 0 atom stereocenters. The van der Waals surface area contributed by atoms with Crippen LogP contribution in [0.5, 0.6) is 5.75 Å². The predicted octanol–water partition coefficient (Wildman–Crippen LogP) is 3.10. The van der Waals surface area contributed by atoms with Crippen LogP contribution in [0.2, 0.25) is 0 Å². The van der Waals surface area contributed by atoms with Crippen molar-refractivity contribution in [3.05, 3.63) is 77.8 Å². The molecule has 1 aromatic carbocycles. The molecule has 4 aromatic rings. The zero-order valence-electron chi connectivity index (χ0n) is 15.9. The molecule has 0 radical (unpaired) electrons. The summed E-state index contributed by atoms with van der Waals surface area (Å²) in [5.74, 6) is 1.76. The molecule has 0 spiro atoms. The van der Waals surface area contributed by atoms with E-state index in [0.717, 1.165) is 17.0 Å². The number of carbonyl (C=O) groups is 1. The lowest BCUT2D eigenvalue weighted by Crippen LogP contribution is -2.12. The van der Waals surface area contributed by atoms with E-state index in [1.165, 1.54) is 11.0 Å². The van der Waals surface area contributed by atoms with E-state index in [9.17, 15) is 4.79 Å². The molecular formula is C20H18N6O3. The van der Waals surface area contributed by atoms with Gasteiger partial charge in [-0.1, -0.05) is 5.16 Å². The molecule has 146 valence electrons. The minimum Gasteiger partial charge on any atom is -0.489 e. The molecule has 4 rings (SSSR count). The minimum atomic E-state index is -0.238. The summed E-state index contributed by atoms with van der Waals surface area (Å²) in [5, 5.41) is 10.7. The molecule has 0 unspecified atom stereocenters. The van der Waals surface area contributed by atoms with Crippen LogP contribution in [0.3, 0.4) is 0 Å². The number of hydrogen-bond donors (Lipinski definition) is 1. The van der Waals surface area contributed by atoms with E-state index in [1.54, 1.807) is 48.9 Å². The van der Waals surface area contributed by atoms with E-state index in [-0.39, 0.29) is 5.91 Å². The van der Waals surface area contributed by atoms with Crippen LogP contribution < -0.4 is 10.1 Å². The SMILES string of the molecule is Cc1noc(C)c1COc1ccc(C(=O)Nc2ccc(-n3cncn3)nc2)cc1. The number of hydrogen-bond acceptors (Lipinski definition) is 7. The second-order valence-electron chi connectivity index (χ2n) is 6.32. The van der Waals surface area contributed by atoms with Crippen LogP contribution in [0.25, 0.3) is 5.82 Å². The Hall–Kier alpha value is -4.01. The predicted molar refractivity (Wildman–Crippen MR) is 104 cm³/mol. The molecule has 3 heterocycles. The summed E-state index contributed by atoms with van der Waals surface area (Å²) in [6, 6.07) is 10.4. The Bertz CT molecular complexity index is 1080. The summed E-state index contributed by atoms with van der Waals surface area (Å²) in [5.41, 5.74) is 2.82. The van der Waals surface area contributed by atoms with Crippen LogP contribution >= 0.6 is 0 Å². The minimum absolute atomic E-state index is 0.238. The summed E-state index contributed by atoms with van der Waals surface area (Å²) < 4.78 is 12.4. The first kappa shape index (κ1) is 18.4. The first-order valence-electron chi connectivity index (χ1n) is 8.87. The molecule has 9 heteroatoms. The Balaban J connectivity index is 1.36. The Morgan fingerprint density at radius 1 is 1.17 bits per heavy atom. The maximum Gasteiger partial charge on any atom is 0.255 e. The van der Waals surface area contributed by atoms with Gasteiger partial charge in [0.25, 0.3) is 5.91 Å². The van der Waals surface area contributed by atoms with Crippen molar-refractivity contribution in [1.82, 2.24) is 24.9 Å². The maximum absolute atomic E-state index is 12.4. The monoisotopic (exact) mass is 390 g/mol. The molecule has 3 aromatic heterocycles. The van der Waals surface area contributed by atoms with Crippen molar-refractivity contribution in [2.75, 3.05) is 5.32 Å². The molecule has 0 bridgehead atoms. The smallest absolute Gasteiger partial charge is 0.255 e. The lowest BCUT2D eigenvalue weighted by molar-refractivity contribution is 0.102. The van der Waals surface area contributed by atoms with Gasteiger partial charge in [-0.3, -0.25) is 4.79 Å². The molecule has 0 saturated carbocycles. The largest absolute Gasteiger partial charge is 0.489 e. The van der Waals surface area contributed by atoms with Gasteiger partial charge >= 0.3 is 0 Å². The molecule has 0 aliphatic rings. The summed E-state index contributed by atoms with van der Waals surface area (Å²) in [6.45, 7) is 4.08. The number of ether oxygens (including phenoxy) is 1. The molecule has 0 aliphatic carbocycles. The van der Waals surface area contributed by atoms with Gasteiger partial charge in [-0.25, -0.2) is 14.6 Å². The van der Waals surface area contributed by atoms with Crippen molar-refractivity contribution >= 4 is 11.6 Å². The third-order valence-electron chi connectivity index (χ3n) is 4.34. The van der Waals surface area contributed by atoms with E-state index in [4.69, 9.17) is 9.26 Å². The Labute approximate surface area is 166 Å². The summed E-state index contributed by atoms with van der Waals surface area (Å²) >= 11 is 0. The quantitative estimate of drug-likeness (QED) is 0.539. The number of rotatable bonds is 6. The highest BCUT2D eigenvalue weighted by Gasteiger charge is 2.11. The van der Waals surface area contributed by atoms with Gasteiger partial charge in [-0.15, -0.1) is 0 Å². The fraction of sp³-hybridized carbons (Fsp3) is 0.150. The van der Waals surface area contributed by atoms with E-state index in [2.05, 4.69) is 25.5 Å². The third kappa shape index (κ3) is 4.13. The zero-order chi connectivity index (χ0) is 20.2. The molecule has 0 aliphatic heterocycles. The van der Waals surface area contributed by atoms with Gasteiger partial charge in [0.05, 0.1) is 23.1 Å². The first-order valence-corrected chi connectivity index (χ1v) is 8.87. The summed E-state index contributed by atoms with van der Waals surface area (Å²) in [7, 11) is 0. The standard InChI is InChI=1S/C20H18N6O3/c1-13-18(14(2)29-25-13)10-28-17-6-3-15(4-7-17)20(27)24-16-5-8-19(22-9-16)26-12-21-11-23-26/h3-9,11-12H,10H2,1-2H3,(H,24,27). The van der Waals surface area contributed by atoms with Crippen molar-refractivity contribution in [1.29, 1.82) is 0 Å². The highest BCUT2D eigenvalue weighted by Crippen LogP contribution is 2.18. The summed E-state index contributed by atoms with van der Waals surface area (Å²) in [6.07, 6.45) is 4.55. The van der Waals surface area contributed by atoms with Gasteiger partial charge in [-0.2, -0.15) is 5.10 Å². The number of nitrogens with zero attached hydrogens (tertiary/aromatic N) is 5. The molecule has 0 saturated heterocycles. The first-order chi connectivity index (χ1) is 14.1. The van der Waals surface area contributed by atoms with Crippen LogP contribution in [-0.4, -0.2) is 30.8 Å². The number of pyridine rings is 1. The molecule has 0 fully saturated rings. The van der Waals surface area contributed by atoms with Crippen molar-refractivity contribution in [3.8, 4) is 11.6 Å². The average molecular weight is 390 g/mol. The highest BCUT2D eigenvalue weighted by molar-refractivity contribution is 6.04. The lowest BCUT2D eigenvalue weighted by Gasteiger charge is -2.08. The number of carbonyl (C=O) groups excluding carboxylic acids is 1. The number of nitrogens with one attached hydrogen (secondary N) is 1. The number of amides is 1. The van der Waals surface area contributed by atoms with Gasteiger partial charge in [0.1, 0.15) is 30.8 Å². The second kappa shape index (κ2) is 7.93.